The van der Waals surface area contributed by atoms with E-state index in [1.807, 2.05) is 12.1 Å². The summed E-state index contributed by atoms with van der Waals surface area (Å²) in [5.74, 6) is -0.411. The van der Waals surface area contributed by atoms with E-state index in [2.05, 4.69) is 31.5 Å². The van der Waals surface area contributed by atoms with Gasteiger partial charge in [-0.15, -0.1) is 0 Å². The summed E-state index contributed by atoms with van der Waals surface area (Å²) in [6.07, 6.45) is 0. The molecule has 0 aliphatic carbocycles. The first kappa shape index (κ1) is 14.3. The van der Waals surface area contributed by atoms with E-state index in [0.29, 0.717) is 5.56 Å². The Morgan fingerprint density at radius 2 is 2.16 bits per heavy atom. The lowest BCUT2D eigenvalue weighted by Gasteiger charge is -2.27. The number of rotatable bonds is 5. The molecule has 4 N–H and O–H groups in total. The third-order valence-electron chi connectivity index (χ3n) is 3.20. The summed E-state index contributed by atoms with van der Waals surface area (Å²) >= 11 is 3.34. The predicted octanol–water partition coefficient (Wildman–Crippen LogP) is 0.865. The van der Waals surface area contributed by atoms with Gasteiger partial charge in [-0.3, -0.25) is 9.69 Å². The quantitative estimate of drug-likeness (QED) is 0.750. The number of benzene rings is 1. The largest absolute Gasteiger partial charge is 0.383 e. The lowest BCUT2D eigenvalue weighted by molar-refractivity contribution is 0.100. The van der Waals surface area contributed by atoms with Gasteiger partial charge in [0.1, 0.15) is 0 Å². The van der Waals surface area contributed by atoms with Crippen LogP contribution in [0.25, 0.3) is 0 Å². The van der Waals surface area contributed by atoms with Gasteiger partial charge < -0.3 is 16.4 Å². The van der Waals surface area contributed by atoms with Crippen molar-refractivity contribution in [3.63, 3.8) is 0 Å². The van der Waals surface area contributed by atoms with Crippen molar-refractivity contribution < 1.29 is 4.79 Å². The minimum atomic E-state index is -0.411. The second-order valence-corrected chi connectivity index (χ2v) is 5.49. The molecule has 1 aromatic carbocycles. The maximum Gasteiger partial charge on any atom is 0.250 e. The second kappa shape index (κ2) is 6.88. The number of hydrogen-bond acceptors (Lipinski definition) is 4. The van der Waals surface area contributed by atoms with Gasteiger partial charge in [0.05, 0.1) is 5.56 Å². The third kappa shape index (κ3) is 4.19. The molecule has 2 rings (SSSR count). The molecular formula is C13H19BrN4O. The Labute approximate surface area is 121 Å². The van der Waals surface area contributed by atoms with Crippen molar-refractivity contribution in [1.29, 1.82) is 0 Å². The van der Waals surface area contributed by atoms with Crippen molar-refractivity contribution in [3.8, 4) is 0 Å². The number of nitrogens with zero attached hydrogens (tertiary/aromatic N) is 1. The van der Waals surface area contributed by atoms with Crippen LogP contribution in [-0.4, -0.2) is 50.1 Å². The summed E-state index contributed by atoms with van der Waals surface area (Å²) in [4.78, 5) is 13.8. The molecular weight excluding hydrogens is 308 g/mol. The lowest BCUT2D eigenvalue weighted by atomic mass is 10.1. The Morgan fingerprint density at radius 3 is 2.84 bits per heavy atom. The highest BCUT2D eigenvalue weighted by molar-refractivity contribution is 9.10. The average Bonchev–Trinajstić information content (AvgIpc) is 2.41. The van der Waals surface area contributed by atoms with Crippen LogP contribution < -0.4 is 16.4 Å². The molecule has 0 aromatic heterocycles. The number of halogens is 1. The third-order valence-corrected chi connectivity index (χ3v) is 3.69. The molecule has 0 spiro atoms. The SMILES string of the molecule is NC(=O)c1cc(Br)ccc1NCCN1CCNCC1. The summed E-state index contributed by atoms with van der Waals surface area (Å²) in [5.41, 5.74) is 6.70. The van der Waals surface area contributed by atoms with Crippen molar-refractivity contribution in [1.82, 2.24) is 10.2 Å². The van der Waals surface area contributed by atoms with Gasteiger partial charge in [-0.25, -0.2) is 0 Å². The highest BCUT2D eigenvalue weighted by Gasteiger charge is 2.11. The summed E-state index contributed by atoms with van der Waals surface area (Å²) in [5, 5.41) is 6.61. The molecule has 1 heterocycles. The number of carbonyl (C=O) groups excluding carboxylic acids is 1. The molecule has 0 unspecified atom stereocenters. The highest BCUT2D eigenvalue weighted by Crippen LogP contribution is 2.20. The summed E-state index contributed by atoms with van der Waals surface area (Å²) in [7, 11) is 0. The van der Waals surface area contributed by atoms with Crippen LogP contribution in [0.1, 0.15) is 10.4 Å². The number of carbonyl (C=O) groups is 1. The molecule has 0 radical (unpaired) electrons. The highest BCUT2D eigenvalue weighted by atomic mass is 79.9. The zero-order valence-electron chi connectivity index (χ0n) is 10.8. The van der Waals surface area contributed by atoms with Crippen LogP contribution in [0.3, 0.4) is 0 Å². The van der Waals surface area contributed by atoms with Crippen molar-refractivity contribution in [2.45, 2.75) is 0 Å². The number of nitrogens with one attached hydrogen (secondary N) is 2. The van der Waals surface area contributed by atoms with E-state index in [1.165, 1.54) is 0 Å². The first-order chi connectivity index (χ1) is 9.16. The number of hydrogen-bond donors (Lipinski definition) is 3. The van der Waals surface area contributed by atoms with E-state index in [9.17, 15) is 4.79 Å². The van der Waals surface area contributed by atoms with Crippen molar-refractivity contribution in [3.05, 3.63) is 28.2 Å². The second-order valence-electron chi connectivity index (χ2n) is 4.57. The molecule has 1 amide bonds. The predicted molar refractivity (Wildman–Crippen MR) is 80.5 cm³/mol. The Hall–Kier alpha value is -1.11. The van der Waals surface area contributed by atoms with Gasteiger partial charge >= 0.3 is 0 Å². The van der Waals surface area contributed by atoms with Crippen LogP contribution in [0.2, 0.25) is 0 Å². The number of primary amides is 1. The number of amides is 1. The first-order valence-electron chi connectivity index (χ1n) is 6.43. The van der Waals surface area contributed by atoms with E-state index in [0.717, 1.165) is 49.4 Å². The molecule has 0 atom stereocenters. The first-order valence-corrected chi connectivity index (χ1v) is 7.22. The fraction of sp³-hybridized carbons (Fsp3) is 0.462. The maximum absolute atomic E-state index is 11.4. The van der Waals surface area contributed by atoms with Gasteiger partial charge in [0.15, 0.2) is 0 Å². The van der Waals surface area contributed by atoms with Crippen LogP contribution in [0, 0.1) is 0 Å². The topological polar surface area (TPSA) is 70.4 Å². The van der Waals surface area contributed by atoms with Crippen LogP contribution in [-0.2, 0) is 0 Å². The molecule has 1 aromatic rings. The van der Waals surface area contributed by atoms with Gasteiger partial charge in [0, 0.05) is 49.4 Å². The van der Waals surface area contributed by atoms with E-state index < -0.39 is 5.91 Å². The van der Waals surface area contributed by atoms with E-state index in [4.69, 9.17) is 5.73 Å². The van der Waals surface area contributed by atoms with Crippen molar-refractivity contribution >= 4 is 27.5 Å². The lowest BCUT2D eigenvalue weighted by Crippen LogP contribution is -2.45. The average molecular weight is 327 g/mol. The molecule has 1 saturated heterocycles. The molecule has 104 valence electrons. The standard InChI is InChI=1S/C13H19BrN4O/c14-10-1-2-12(11(9-10)13(15)19)17-5-8-18-6-3-16-4-7-18/h1-2,9,16-17H,3-8H2,(H2,15,19). The number of piperazine rings is 1. The maximum atomic E-state index is 11.4. The summed E-state index contributed by atoms with van der Waals surface area (Å²) in [6.45, 7) is 6.02. The van der Waals surface area contributed by atoms with Crippen LogP contribution >= 0.6 is 15.9 Å². The van der Waals surface area contributed by atoms with Crippen LogP contribution in [0.5, 0.6) is 0 Å². The smallest absolute Gasteiger partial charge is 0.250 e. The van der Waals surface area contributed by atoms with Crippen molar-refractivity contribution in [2.24, 2.45) is 5.73 Å². The number of anilines is 1. The summed E-state index contributed by atoms with van der Waals surface area (Å²) in [6, 6.07) is 5.52. The van der Waals surface area contributed by atoms with Gasteiger partial charge in [0.25, 0.3) is 5.91 Å². The molecule has 5 nitrogen and oxygen atoms in total. The van der Waals surface area contributed by atoms with Gasteiger partial charge in [-0.2, -0.15) is 0 Å². The van der Waals surface area contributed by atoms with Crippen molar-refractivity contribution in [2.75, 3.05) is 44.6 Å². The van der Waals surface area contributed by atoms with Gasteiger partial charge in [0.2, 0.25) is 0 Å². The van der Waals surface area contributed by atoms with Crippen LogP contribution in [0.4, 0.5) is 5.69 Å². The fourth-order valence-electron chi connectivity index (χ4n) is 2.16. The zero-order valence-corrected chi connectivity index (χ0v) is 12.4. The minimum Gasteiger partial charge on any atom is -0.383 e. The number of nitrogens with two attached hydrogens (primary N) is 1. The van der Waals surface area contributed by atoms with E-state index >= 15 is 0 Å². The molecule has 1 aliphatic heterocycles. The Bertz CT molecular complexity index is 446. The normalized spacial score (nSPS) is 16.3. The van der Waals surface area contributed by atoms with E-state index in [1.54, 1.807) is 6.07 Å². The molecule has 0 saturated carbocycles. The molecule has 1 fully saturated rings. The zero-order chi connectivity index (χ0) is 13.7. The molecule has 6 heteroatoms. The fourth-order valence-corrected chi connectivity index (χ4v) is 2.52. The van der Waals surface area contributed by atoms with E-state index in [-0.39, 0.29) is 0 Å². The van der Waals surface area contributed by atoms with Crippen LogP contribution in [0.15, 0.2) is 22.7 Å². The summed E-state index contributed by atoms with van der Waals surface area (Å²) < 4.78 is 0.856. The van der Waals surface area contributed by atoms with Gasteiger partial charge in [-0.05, 0) is 18.2 Å². The monoisotopic (exact) mass is 326 g/mol. The molecule has 1 aliphatic rings. The minimum absolute atomic E-state index is 0.411. The molecule has 19 heavy (non-hydrogen) atoms. The Kier molecular flexibility index (Phi) is 5.18. The Balaban J connectivity index is 1.89. The molecule has 0 bridgehead atoms. The Morgan fingerprint density at radius 1 is 1.42 bits per heavy atom. The van der Waals surface area contributed by atoms with Gasteiger partial charge in [-0.1, -0.05) is 15.9 Å².